The lowest BCUT2D eigenvalue weighted by molar-refractivity contribution is 0.594. The van der Waals surface area contributed by atoms with Crippen molar-refractivity contribution in [2.75, 3.05) is 0 Å². The van der Waals surface area contributed by atoms with Crippen LogP contribution in [0, 0.1) is 5.82 Å². The number of thiophene rings is 1. The van der Waals surface area contributed by atoms with Gasteiger partial charge >= 0.3 is 0 Å². The molecule has 0 amide bonds. The molecule has 2 aromatic rings. The van der Waals surface area contributed by atoms with E-state index in [0.717, 1.165) is 9.35 Å². The molecule has 1 atom stereocenters. The summed E-state index contributed by atoms with van der Waals surface area (Å²) in [6, 6.07) is 8.47. The number of halogens is 3. The molecule has 17 heavy (non-hydrogen) atoms. The third-order valence-electron chi connectivity index (χ3n) is 2.41. The average molecular weight is 335 g/mol. The van der Waals surface area contributed by atoms with Gasteiger partial charge in [-0.2, -0.15) is 0 Å². The van der Waals surface area contributed by atoms with Gasteiger partial charge in [-0.3, -0.25) is 0 Å². The maximum absolute atomic E-state index is 13.6. The molecule has 0 aliphatic carbocycles. The average Bonchev–Trinajstić information content (AvgIpc) is 2.69. The molecule has 1 aromatic heterocycles. The highest BCUT2D eigenvalue weighted by molar-refractivity contribution is 9.10. The molecular formula is C12H10BrClFNS. The number of rotatable bonds is 3. The Balaban J connectivity index is 2.15. The van der Waals surface area contributed by atoms with Crippen molar-refractivity contribution in [3.8, 4) is 0 Å². The fourth-order valence-electron chi connectivity index (χ4n) is 1.55. The number of benzene rings is 1. The monoisotopic (exact) mass is 333 g/mol. The Morgan fingerprint density at radius 3 is 2.71 bits per heavy atom. The Hall–Kier alpha value is -0.420. The van der Waals surface area contributed by atoms with E-state index in [9.17, 15) is 4.39 Å². The lowest BCUT2D eigenvalue weighted by Crippen LogP contribution is -2.12. The second-order valence-corrected chi connectivity index (χ2v) is 6.35. The molecule has 1 unspecified atom stereocenters. The minimum absolute atomic E-state index is 0.219. The maximum Gasteiger partial charge on any atom is 0.127 e. The van der Waals surface area contributed by atoms with Crippen LogP contribution in [-0.4, -0.2) is 0 Å². The summed E-state index contributed by atoms with van der Waals surface area (Å²) in [6.45, 7) is 0. The minimum Gasteiger partial charge on any atom is -0.323 e. The molecule has 0 saturated heterocycles. The van der Waals surface area contributed by atoms with Crippen LogP contribution < -0.4 is 5.73 Å². The molecule has 2 N–H and O–H groups in total. The van der Waals surface area contributed by atoms with E-state index in [4.69, 9.17) is 17.3 Å². The Morgan fingerprint density at radius 1 is 1.35 bits per heavy atom. The van der Waals surface area contributed by atoms with Crippen molar-refractivity contribution >= 4 is 38.9 Å². The van der Waals surface area contributed by atoms with E-state index in [2.05, 4.69) is 15.9 Å². The zero-order valence-electron chi connectivity index (χ0n) is 8.79. The molecule has 0 radical (unpaired) electrons. The quantitative estimate of drug-likeness (QED) is 0.876. The van der Waals surface area contributed by atoms with Crippen molar-refractivity contribution in [2.45, 2.75) is 12.5 Å². The van der Waals surface area contributed by atoms with Crippen molar-refractivity contribution in [2.24, 2.45) is 5.73 Å². The van der Waals surface area contributed by atoms with Crippen LogP contribution in [0.15, 0.2) is 34.8 Å². The van der Waals surface area contributed by atoms with Crippen molar-refractivity contribution in [3.63, 3.8) is 0 Å². The number of hydrogen-bond donors (Lipinski definition) is 1. The lowest BCUT2D eigenvalue weighted by Gasteiger charge is -2.10. The van der Waals surface area contributed by atoms with Gasteiger partial charge in [0.15, 0.2) is 0 Å². The zero-order chi connectivity index (χ0) is 12.4. The Labute approximate surface area is 117 Å². The predicted molar refractivity (Wildman–Crippen MR) is 74.1 cm³/mol. The highest BCUT2D eigenvalue weighted by atomic mass is 79.9. The summed E-state index contributed by atoms with van der Waals surface area (Å²) in [5.41, 5.74) is 6.64. The van der Waals surface area contributed by atoms with Crippen molar-refractivity contribution in [3.05, 3.63) is 55.4 Å². The fraction of sp³-hybridized carbons (Fsp3) is 0.167. The zero-order valence-corrected chi connectivity index (χ0v) is 11.9. The third kappa shape index (κ3) is 3.28. The maximum atomic E-state index is 13.6. The Bertz CT molecular complexity index is 529. The minimum atomic E-state index is -0.238. The van der Waals surface area contributed by atoms with Gasteiger partial charge in [-0.1, -0.05) is 33.6 Å². The van der Waals surface area contributed by atoms with Crippen molar-refractivity contribution in [1.29, 1.82) is 0 Å². The second-order valence-electron chi connectivity index (χ2n) is 3.69. The molecule has 1 nitrogen and oxygen atoms in total. The van der Waals surface area contributed by atoms with Gasteiger partial charge in [0.2, 0.25) is 0 Å². The second kappa shape index (κ2) is 5.48. The lowest BCUT2D eigenvalue weighted by atomic mass is 10.1. The van der Waals surface area contributed by atoms with E-state index in [0.29, 0.717) is 16.3 Å². The highest BCUT2D eigenvalue weighted by Crippen LogP contribution is 2.28. The van der Waals surface area contributed by atoms with Gasteiger partial charge in [0.05, 0.1) is 4.34 Å². The normalized spacial score (nSPS) is 12.7. The first-order valence-electron chi connectivity index (χ1n) is 5.01. The summed E-state index contributed by atoms with van der Waals surface area (Å²) < 4.78 is 15.1. The topological polar surface area (TPSA) is 26.0 Å². The Kier molecular flexibility index (Phi) is 4.20. The van der Waals surface area contributed by atoms with Crippen LogP contribution in [0.1, 0.15) is 16.5 Å². The van der Waals surface area contributed by atoms with Gasteiger partial charge in [0, 0.05) is 15.4 Å². The van der Waals surface area contributed by atoms with E-state index in [-0.39, 0.29) is 11.9 Å². The molecule has 0 aliphatic rings. The molecule has 1 aromatic carbocycles. The standard InChI is InChI=1S/C12H10BrClFNS/c13-8-2-1-7(9(15)6-8)5-10(16)11-3-4-12(14)17-11/h1-4,6,10H,5,16H2. The molecule has 1 heterocycles. The van der Waals surface area contributed by atoms with Crippen LogP contribution >= 0.6 is 38.9 Å². The predicted octanol–water partition coefficient (Wildman–Crippen LogP) is 4.55. The van der Waals surface area contributed by atoms with E-state index in [1.165, 1.54) is 17.4 Å². The fourth-order valence-corrected chi connectivity index (χ4v) is 2.95. The molecule has 0 fully saturated rings. The van der Waals surface area contributed by atoms with Crippen molar-refractivity contribution < 1.29 is 4.39 Å². The third-order valence-corrected chi connectivity index (χ3v) is 4.27. The molecule has 0 saturated carbocycles. The molecular weight excluding hydrogens is 325 g/mol. The molecule has 2 rings (SSSR count). The summed E-state index contributed by atoms with van der Waals surface area (Å²) in [6.07, 6.45) is 0.468. The van der Waals surface area contributed by atoms with Gasteiger partial charge in [-0.05, 0) is 36.2 Å². The van der Waals surface area contributed by atoms with E-state index in [1.54, 1.807) is 12.1 Å². The van der Waals surface area contributed by atoms with Gasteiger partial charge in [-0.15, -0.1) is 11.3 Å². The smallest absolute Gasteiger partial charge is 0.127 e. The summed E-state index contributed by atoms with van der Waals surface area (Å²) >= 11 is 10.5. The Morgan fingerprint density at radius 2 is 2.12 bits per heavy atom. The van der Waals surface area contributed by atoms with E-state index >= 15 is 0 Å². The van der Waals surface area contributed by atoms with Crippen LogP contribution in [0.2, 0.25) is 4.34 Å². The highest BCUT2D eigenvalue weighted by Gasteiger charge is 2.12. The van der Waals surface area contributed by atoms with Crippen LogP contribution in [0.25, 0.3) is 0 Å². The summed E-state index contributed by atoms with van der Waals surface area (Å²) in [5.74, 6) is -0.238. The molecule has 5 heteroatoms. The molecule has 0 bridgehead atoms. The first-order valence-corrected chi connectivity index (χ1v) is 7.00. The van der Waals surface area contributed by atoms with Gasteiger partial charge in [0.1, 0.15) is 5.82 Å². The summed E-state index contributed by atoms with van der Waals surface area (Å²) in [4.78, 5) is 0.970. The first kappa shape index (κ1) is 13.0. The van der Waals surface area contributed by atoms with E-state index in [1.807, 2.05) is 12.1 Å². The van der Waals surface area contributed by atoms with Gasteiger partial charge < -0.3 is 5.73 Å². The molecule has 90 valence electrons. The van der Waals surface area contributed by atoms with Crippen molar-refractivity contribution in [1.82, 2.24) is 0 Å². The van der Waals surface area contributed by atoms with Crippen LogP contribution in [0.3, 0.4) is 0 Å². The van der Waals surface area contributed by atoms with Crippen LogP contribution in [0.5, 0.6) is 0 Å². The summed E-state index contributed by atoms with van der Waals surface area (Å²) in [5, 5.41) is 0. The SMILES string of the molecule is NC(Cc1ccc(Br)cc1F)c1ccc(Cl)s1. The van der Waals surface area contributed by atoms with Gasteiger partial charge in [-0.25, -0.2) is 4.39 Å². The first-order chi connectivity index (χ1) is 8.06. The number of hydrogen-bond acceptors (Lipinski definition) is 2. The van der Waals surface area contributed by atoms with E-state index < -0.39 is 0 Å². The van der Waals surface area contributed by atoms with Crippen LogP contribution in [-0.2, 0) is 6.42 Å². The number of nitrogens with two attached hydrogens (primary N) is 1. The molecule has 0 spiro atoms. The van der Waals surface area contributed by atoms with Crippen LogP contribution in [0.4, 0.5) is 4.39 Å². The summed E-state index contributed by atoms with van der Waals surface area (Å²) in [7, 11) is 0. The largest absolute Gasteiger partial charge is 0.323 e. The van der Waals surface area contributed by atoms with Gasteiger partial charge in [0.25, 0.3) is 0 Å². The molecule has 0 aliphatic heterocycles.